The number of carbonyl (C=O) groups excluding carboxylic acids is 1. The Balaban J connectivity index is 2.31. The van der Waals surface area contributed by atoms with E-state index in [4.69, 9.17) is 0 Å². The molecule has 2 heteroatoms. The van der Waals surface area contributed by atoms with Crippen molar-refractivity contribution in [1.29, 1.82) is 0 Å². The van der Waals surface area contributed by atoms with Crippen LogP contribution in [0.1, 0.15) is 22.8 Å². The summed E-state index contributed by atoms with van der Waals surface area (Å²) in [6, 6.07) is 16.1. The minimum atomic E-state index is 0.0908. The summed E-state index contributed by atoms with van der Waals surface area (Å²) in [6.07, 6.45) is 0. The molecule has 94 valence electrons. The van der Waals surface area contributed by atoms with Gasteiger partial charge in [-0.2, -0.15) is 0 Å². The number of aromatic nitrogens is 1. The van der Waals surface area contributed by atoms with E-state index in [1.165, 1.54) is 5.56 Å². The average Bonchev–Trinajstić information content (AvgIpc) is 2.78. The number of fused-ring (bicyclic) bond motifs is 1. The van der Waals surface area contributed by atoms with Crippen LogP contribution >= 0.6 is 0 Å². The normalized spacial score (nSPS) is 10.8. The van der Waals surface area contributed by atoms with E-state index >= 15 is 0 Å². The smallest absolute Gasteiger partial charge is 0.162 e. The zero-order chi connectivity index (χ0) is 13.4. The molecule has 2 aromatic carbocycles. The predicted octanol–water partition coefficient (Wildman–Crippen LogP) is 4.35. The summed E-state index contributed by atoms with van der Waals surface area (Å²) in [5, 5.41) is 0.991. The summed E-state index contributed by atoms with van der Waals surface area (Å²) < 4.78 is 0. The number of hydrogen-bond donors (Lipinski definition) is 1. The van der Waals surface area contributed by atoms with Gasteiger partial charge in [0.25, 0.3) is 0 Å². The van der Waals surface area contributed by atoms with Gasteiger partial charge in [0.1, 0.15) is 0 Å². The summed E-state index contributed by atoms with van der Waals surface area (Å²) in [7, 11) is 0. The largest absolute Gasteiger partial charge is 0.354 e. The van der Waals surface area contributed by atoms with Gasteiger partial charge in [0, 0.05) is 10.9 Å². The maximum absolute atomic E-state index is 12.0. The number of nitrogens with one attached hydrogen (secondary N) is 1. The number of Topliss-reactive ketones (excluding diaryl/α,β-unsaturated/α-hetero) is 1. The molecule has 0 unspecified atom stereocenters. The number of hydrogen-bond acceptors (Lipinski definition) is 1. The topological polar surface area (TPSA) is 32.9 Å². The monoisotopic (exact) mass is 249 g/mol. The molecular weight excluding hydrogens is 234 g/mol. The van der Waals surface area contributed by atoms with E-state index in [1.807, 2.05) is 36.4 Å². The van der Waals surface area contributed by atoms with Gasteiger partial charge >= 0.3 is 0 Å². The average molecular weight is 249 g/mol. The van der Waals surface area contributed by atoms with Gasteiger partial charge in [-0.05, 0) is 25.5 Å². The molecule has 0 atom stereocenters. The third kappa shape index (κ3) is 1.95. The minimum Gasteiger partial charge on any atom is -0.354 e. The summed E-state index contributed by atoms with van der Waals surface area (Å²) >= 11 is 0. The fourth-order valence-electron chi connectivity index (χ4n) is 2.44. The third-order valence-electron chi connectivity index (χ3n) is 3.40. The molecule has 0 radical (unpaired) electrons. The maximum atomic E-state index is 12.0. The van der Waals surface area contributed by atoms with Crippen molar-refractivity contribution in [3.63, 3.8) is 0 Å². The Labute approximate surface area is 112 Å². The van der Waals surface area contributed by atoms with E-state index in [9.17, 15) is 4.79 Å². The first-order chi connectivity index (χ1) is 9.16. The van der Waals surface area contributed by atoms with Crippen LogP contribution in [0.2, 0.25) is 0 Å². The molecule has 0 saturated heterocycles. The van der Waals surface area contributed by atoms with Crippen molar-refractivity contribution in [2.24, 2.45) is 0 Å². The van der Waals surface area contributed by atoms with Crippen LogP contribution in [-0.2, 0) is 0 Å². The highest BCUT2D eigenvalue weighted by molar-refractivity contribution is 6.12. The molecule has 0 bridgehead atoms. The number of aryl methyl sites for hydroxylation is 1. The van der Waals surface area contributed by atoms with Crippen LogP contribution in [0.15, 0.2) is 48.5 Å². The quantitative estimate of drug-likeness (QED) is 0.673. The number of H-pyrrole nitrogens is 1. The number of para-hydroxylation sites is 1. The first kappa shape index (κ1) is 11.7. The van der Waals surface area contributed by atoms with Crippen molar-refractivity contribution in [2.45, 2.75) is 13.8 Å². The SMILES string of the molecule is CC(=O)c1c(-c2ccc(C)cc2)[nH]c2ccccc12. The Morgan fingerprint density at radius 2 is 1.68 bits per heavy atom. The van der Waals surface area contributed by atoms with E-state index in [0.717, 1.165) is 27.7 Å². The molecule has 19 heavy (non-hydrogen) atoms. The van der Waals surface area contributed by atoms with Crippen LogP contribution in [0.5, 0.6) is 0 Å². The molecule has 0 aliphatic carbocycles. The van der Waals surface area contributed by atoms with Crippen molar-refractivity contribution in [2.75, 3.05) is 0 Å². The van der Waals surface area contributed by atoms with Gasteiger partial charge in [-0.15, -0.1) is 0 Å². The van der Waals surface area contributed by atoms with Crippen molar-refractivity contribution < 1.29 is 4.79 Å². The van der Waals surface area contributed by atoms with Crippen LogP contribution in [0.4, 0.5) is 0 Å². The highest BCUT2D eigenvalue weighted by Gasteiger charge is 2.15. The van der Waals surface area contributed by atoms with Gasteiger partial charge in [-0.25, -0.2) is 0 Å². The zero-order valence-corrected chi connectivity index (χ0v) is 11.0. The zero-order valence-electron chi connectivity index (χ0n) is 11.0. The Kier molecular flexibility index (Phi) is 2.71. The number of rotatable bonds is 2. The molecule has 0 saturated carbocycles. The van der Waals surface area contributed by atoms with Crippen molar-refractivity contribution in [3.8, 4) is 11.3 Å². The van der Waals surface area contributed by atoms with Gasteiger partial charge < -0.3 is 4.98 Å². The van der Waals surface area contributed by atoms with Gasteiger partial charge in [0.05, 0.1) is 11.3 Å². The minimum absolute atomic E-state index is 0.0908. The van der Waals surface area contributed by atoms with Crippen molar-refractivity contribution in [1.82, 2.24) is 4.98 Å². The maximum Gasteiger partial charge on any atom is 0.162 e. The number of benzene rings is 2. The number of ketones is 1. The molecular formula is C17H15NO. The van der Waals surface area contributed by atoms with Crippen LogP contribution < -0.4 is 0 Å². The fraction of sp³-hybridized carbons (Fsp3) is 0.118. The van der Waals surface area contributed by atoms with Gasteiger partial charge in [0.15, 0.2) is 5.78 Å². The molecule has 0 aliphatic heterocycles. The van der Waals surface area contributed by atoms with E-state index in [0.29, 0.717) is 0 Å². The van der Waals surface area contributed by atoms with E-state index < -0.39 is 0 Å². The Bertz CT molecular complexity index is 751. The van der Waals surface area contributed by atoms with Crippen molar-refractivity contribution >= 4 is 16.7 Å². The molecule has 0 spiro atoms. The molecule has 0 amide bonds. The molecule has 3 rings (SSSR count). The lowest BCUT2D eigenvalue weighted by Gasteiger charge is -2.02. The number of carbonyl (C=O) groups is 1. The lowest BCUT2D eigenvalue weighted by molar-refractivity contribution is 0.102. The Morgan fingerprint density at radius 1 is 1.00 bits per heavy atom. The predicted molar refractivity (Wildman–Crippen MR) is 78.5 cm³/mol. The summed E-state index contributed by atoms with van der Waals surface area (Å²) in [6.45, 7) is 3.67. The molecule has 2 nitrogen and oxygen atoms in total. The summed E-state index contributed by atoms with van der Waals surface area (Å²) in [5.41, 5.74) is 4.95. The first-order valence-corrected chi connectivity index (χ1v) is 6.35. The number of aromatic amines is 1. The van der Waals surface area contributed by atoms with E-state index in [-0.39, 0.29) is 5.78 Å². The second-order valence-electron chi connectivity index (χ2n) is 4.84. The highest BCUT2D eigenvalue weighted by atomic mass is 16.1. The van der Waals surface area contributed by atoms with Crippen LogP contribution in [0, 0.1) is 6.92 Å². The standard InChI is InChI=1S/C17H15NO/c1-11-7-9-13(10-8-11)17-16(12(2)19)14-5-3-4-6-15(14)18-17/h3-10,18H,1-2H3. The molecule has 0 fully saturated rings. The van der Waals surface area contributed by atoms with Gasteiger partial charge in [0.2, 0.25) is 0 Å². The molecule has 1 N–H and O–H groups in total. The van der Waals surface area contributed by atoms with Gasteiger partial charge in [-0.3, -0.25) is 4.79 Å². The third-order valence-corrected chi connectivity index (χ3v) is 3.40. The van der Waals surface area contributed by atoms with E-state index in [1.54, 1.807) is 6.92 Å². The van der Waals surface area contributed by atoms with Crippen LogP contribution in [0.25, 0.3) is 22.2 Å². The molecule has 1 aromatic heterocycles. The second kappa shape index (κ2) is 4.39. The Hall–Kier alpha value is -2.35. The molecule has 1 heterocycles. The molecule has 3 aromatic rings. The van der Waals surface area contributed by atoms with Crippen LogP contribution in [0.3, 0.4) is 0 Å². The first-order valence-electron chi connectivity index (χ1n) is 6.35. The highest BCUT2D eigenvalue weighted by Crippen LogP contribution is 2.30. The van der Waals surface area contributed by atoms with E-state index in [2.05, 4.69) is 24.0 Å². The lowest BCUT2D eigenvalue weighted by atomic mass is 10.0. The van der Waals surface area contributed by atoms with Gasteiger partial charge in [-0.1, -0.05) is 48.0 Å². The summed E-state index contributed by atoms with van der Waals surface area (Å²) in [4.78, 5) is 15.3. The van der Waals surface area contributed by atoms with Crippen molar-refractivity contribution in [3.05, 3.63) is 59.7 Å². The second-order valence-corrected chi connectivity index (χ2v) is 4.84. The molecule has 0 aliphatic rings. The summed E-state index contributed by atoms with van der Waals surface area (Å²) in [5.74, 6) is 0.0908. The van der Waals surface area contributed by atoms with Crippen LogP contribution in [-0.4, -0.2) is 10.8 Å². The fourth-order valence-corrected chi connectivity index (χ4v) is 2.44. The Morgan fingerprint density at radius 3 is 2.37 bits per heavy atom. The lowest BCUT2D eigenvalue weighted by Crippen LogP contribution is -1.93.